The molecule has 1 aromatic rings. The van der Waals surface area contributed by atoms with Gasteiger partial charge in [-0.3, -0.25) is 0 Å². The molecule has 6 nitrogen and oxygen atoms in total. The molecule has 2 aliphatic heterocycles. The first kappa shape index (κ1) is 18.4. The molecule has 1 saturated carbocycles. The largest absolute Gasteiger partial charge is 0.486 e. The number of piperidine rings is 1. The van der Waals surface area contributed by atoms with Crippen LogP contribution in [0, 0.1) is 0 Å². The van der Waals surface area contributed by atoms with Gasteiger partial charge in [0.1, 0.15) is 6.61 Å². The maximum atomic E-state index is 12.6. The molecule has 0 spiro atoms. The predicted molar refractivity (Wildman–Crippen MR) is 104 cm³/mol. The van der Waals surface area contributed by atoms with Crippen LogP contribution in [0.1, 0.15) is 38.5 Å². The molecule has 0 unspecified atom stereocenters. The number of hydrogen-bond acceptors (Lipinski definition) is 4. The Hall–Kier alpha value is -1.95. The third-order valence-electron chi connectivity index (χ3n) is 6.09. The normalized spacial score (nSPS) is 24.0. The molecule has 1 atom stereocenters. The number of rotatable bonds is 4. The van der Waals surface area contributed by atoms with Gasteiger partial charge in [-0.2, -0.15) is 0 Å². The van der Waals surface area contributed by atoms with E-state index in [9.17, 15) is 4.79 Å². The zero-order valence-electron chi connectivity index (χ0n) is 16.2. The lowest BCUT2D eigenvalue weighted by molar-refractivity contribution is 0.0704. The van der Waals surface area contributed by atoms with Crippen molar-refractivity contribution in [1.29, 1.82) is 0 Å². The van der Waals surface area contributed by atoms with Crippen LogP contribution in [-0.2, 0) is 0 Å². The molecule has 1 aliphatic carbocycles. The van der Waals surface area contributed by atoms with Crippen molar-refractivity contribution in [2.75, 3.05) is 33.3 Å². The molecule has 2 fully saturated rings. The van der Waals surface area contributed by atoms with Crippen LogP contribution in [-0.4, -0.2) is 67.3 Å². The average molecular weight is 373 g/mol. The summed E-state index contributed by atoms with van der Waals surface area (Å²) in [5, 5.41) is 3.20. The van der Waals surface area contributed by atoms with E-state index in [-0.39, 0.29) is 18.2 Å². The second-order valence-corrected chi connectivity index (χ2v) is 8.08. The van der Waals surface area contributed by atoms with E-state index in [1.165, 1.54) is 25.7 Å². The number of nitrogens with one attached hydrogen (secondary N) is 1. The van der Waals surface area contributed by atoms with Crippen LogP contribution in [0.4, 0.5) is 4.79 Å². The van der Waals surface area contributed by atoms with E-state index >= 15 is 0 Å². The fourth-order valence-corrected chi connectivity index (χ4v) is 4.50. The van der Waals surface area contributed by atoms with Crippen molar-refractivity contribution in [3.05, 3.63) is 24.3 Å². The highest BCUT2D eigenvalue weighted by Gasteiger charge is 2.29. The topological polar surface area (TPSA) is 54.0 Å². The van der Waals surface area contributed by atoms with Crippen LogP contribution in [0.3, 0.4) is 0 Å². The maximum absolute atomic E-state index is 12.6. The molecule has 0 bridgehead atoms. The number of likely N-dealkylation sites (N-methyl/N-ethyl adjacent to an activating group) is 1. The first-order chi connectivity index (χ1) is 13.2. The third-order valence-corrected chi connectivity index (χ3v) is 6.09. The van der Waals surface area contributed by atoms with Gasteiger partial charge in [0.2, 0.25) is 0 Å². The summed E-state index contributed by atoms with van der Waals surface area (Å²) < 4.78 is 11.7. The Kier molecular flexibility index (Phi) is 5.72. The molecule has 1 N–H and O–H groups in total. The molecule has 148 valence electrons. The minimum Gasteiger partial charge on any atom is -0.486 e. The summed E-state index contributed by atoms with van der Waals surface area (Å²) in [4.78, 5) is 16.9. The number of carbonyl (C=O) groups is 1. The zero-order valence-corrected chi connectivity index (χ0v) is 16.2. The molecule has 1 aromatic carbocycles. The number of urea groups is 1. The number of likely N-dealkylation sites (tertiary alicyclic amines) is 1. The Morgan fingerprint density at radius 1 is 1.15 bits per heavy atom. The van der Waals surface area contributed by atoms with Crippen LogP contribution in [0.5, 0.6) is 11.5 Å². The summed E-state index contributed by atoms with van der Waals surface area (Å²) >= 11 is 0. The summed E-state index contributed by atoms with van der Waals surface area (Å²) in [5.41, 5.74) is 0. The minimum atomic E-state index is -0.139. The predicted octanol–water partition coefficient (Wildman–Crippen LogP) is 2.87. The lowest BCUT2D eigenvalue weighted by Gasteiger charge is -2.37. The van der Waals surface area contributed by atoms with Crippen molar-refractivity contribution in [3.63, 3.8) is 0 Å². The van der Waals surface area contributed by atoms with Crippen LogP contribution in [0.25, 0.3) is 0 Å². The van der Waals surface area contributed by atoms with Gasteiger partial charge in [0, 0.05) is 32.2 Å². The zero-order chi connectivity index (χ0) is 18.6. The quantitative estimate of drug-likeness (QED) is 0.882. The molecule has 27 heavy (non-hydrogen) atoms. The molecule has 2 heterocycles. The highest BCUT2D eigenvalue weighted by atomic mass is 16.6. The van der Waals surface area contributed by atoms with E-state index in [0.29, 0.717) is 13.2 Å². The van der Waals surface area contributed by atoms with Gasteiger partial charge < -0.3 is 24.6 Å². The molecule has 2 amide bonds. The number of ether oxygens (including phenoxy) is 2. The molecule has 1 saturated heterocycles. The standard InChI is InChI=1S/C21H31N3O3/c1-23(14-18-15-26-19-8-4-5-9-20(19)27-18)21(25)22-16-10-12-24(13-11-16)17-6-2-3-7-17/h4-5,8-9,16-18H,2-3,6-7,10-15H2,1H3,(H,22,25)/t18-/m0/s1. The van der Waals surface area contributed by atoms with E-state index in [1.54, 1.807) is 4.90 Å². The first-order valence-electron chi connectivity index (χ1n) is 10.3. The highest BCUT2D eigenvalue weighted by Crippen LogP contribution is 2.31. The van der Waals surface area contributed by atoms with E-state index < -0.39 is 0 Å². The molecule has 3 aliphatic rings. The molecule has 0 radical (unpaired) electrons. The number of fused-ring (bicyclic) bond motifs is 1. The minimum absolute atomic E-state index is 0.0169. The second-order valence-electron chi connectivity index (χ2n) is 8.08. The number of para-hydroxylation sites is 2. The van der Waals surface area contributed by atoms with Crippen molar-refractivity contribution in [2.45, 2.75) is 56.7 Å². The summed E-state index contributed by atoms with van der Waals surface area (Å²) in [6, 6.07) is 8.72. The summed E-state index contributed by atoms with van der Waals surface area (Å²) in [6.45, 7) is 3.20. The molecular formula is C21H31N3O3. The van der Waals surface area contributed by atoms with E-state index in [4.69, 9.17) is 9.47 Å². The number of carbonyl (C=O) groups excluding carboxylic acids is 1. The van der Waals surface area contributed by atoms with Crippen LogP contribution in [0.15, 0.2) is 24.3 Å². The van der Waals surface area contributed by atoms with Gasteiger partial charge in [-0.1, -0.05) is 25.0 Å². The Balaban J connectivity index is 1.21. The van der Waals surface area contributed by atoms with Gasteiger partial charge in [-0.25, -0.2) is 4.79 Å². The van der Waals surface area contributed by atoms with Crippen LogP contribution < -0.4 is 14.8 Å². The van der Waals surface area contributed by atoms with Crippen molar-refractivity contribution in [3.8, 4) is 11.5 Å². The third kappa shape index (κ3) is 4.49. The monoisotopic (exact) mass is 373 g/mol. The van der Waals surface area contributed by atoms with E-state index in [0.717, 1.165) is 43.5 Å². The van der Waals surface area contributed by atoms with Gasteiger partial charge in [0.25, 0.3) is 0 Å². The van der Waals surface area contributed by atoms with Gasteiger partial charge >= 0.3 is 6.03 Å². The first-order valence-corrected chi connectivity index (χ1v) is 10.3. The molecule has 4 rings (SSSR count). The van der Waals surface area contributed by atoms with Crippen molar-refractivity contribution in [2.24, 2.45) is 0 Å². The van der Waals surface area contributed by atoms with Crippen LogP contribution in [0.2, 0.25) is 0 Å². The lowest BCUT2D eigenvalue weighted by Crippen LogP contribution is -2.51. The number of nitrogens with zero attached hydrogens (tertiary/aromatic N) is 2. The van der Waals surface area contributed by atoms with Gasteiger partial charge in [0.05, 0.1) is 6.54 Å². The highest BCUT2D eigenvalue weighted by molar-refractivity contribution is 5.74. The second kappa shape index (κ2) is 8.38. The maximum Gasteiger partial charge on any atom is 0.317 e. The van der Waals surface area contributed by atoms with Crippen LogP contribution >= 0.6 is 0 Å². The van der Waals surface area contributed by atoms with E-state index in [2.05, 4.69) is 10.2 Å². The Labute approximate surface area is 161 Å². The molecular weight excluding hydrogens is 342 g/mol. The summed E-state index contributed by atoms with van der Waals surface area (Å²) in [7, 11) is 1.83. The number of benzene rings is 1. The summed E-state index contributed by atoms with van der Waals surface area (Å²) in [6.07, 6.45) is 7.42. The molecule has 0 aromatic heterocycles. The van der Waals surface area contributed by atoms with Gasteiger partial charge in [-0.15, -0.1) is 0 Å². The van der Waals surface area contributed by atoms with Crippen molar-refractivity contribution in [1.82, 2.24) is 15.1 Å². The molecule has 6 heteroatoms. The Morgan fingerprint density at radius 2 is 1.85 bits per heavy atom. The fraction of sp³-hybridized carbons (Fsp3) is 0.667. The van der Waals surface area contributed by atoms with Gasteiger partial charge in [-0.05, 0) is 37.8 Å². The Bertz CT molecular complexity index is 639. The SMILES string of the molecule is CN(C[C@H]1COc2ccccc2O1)C(=O)NC1CCN(C2CCCC2)CC1. The summed E-state index contributed by atoms with van der Waals surface area (Å²) in [5.74, 6) is 1.52. The average Bonchev–Trinajstić information content (AvgIpc) is 3.23. The smallest absolute Gasteiger partial charge is 0.317 e. The lowest BCUT2D eigenvalue weighted by atomic mass is 10.0. The van der Waals surface area contributed by atoms with Crippen molar-refractivity contribution < 1.29 is 14.3 Å². The number of amides is 2. The van der Waals surface area contributed by atoms with Gasteiger partial charge in [0.15, 0.2) is 17.6 Å². The fourth-order valence-electron chi connectivity index (χ4n) is 4.50. The van der Waals surface area contributed by atoms with Crippen molar-refractivity contribution >= 4 is 6.03 Å². The Morgan fingerprint density at radius 3 is 2.59 bits per heavy atom. The number of hydrogen-bond donors (Lipinski definition) is 1. The van der Waals surface area contributed by atoms with E-state index in [1.807, 2.05) is 31.3 Å².